The second kappa shape index (κ2) is 6.32. The van der Waals surface area contributed by atoms with E-state index in [4.69, 9.17) is 4.74 Å². The lowest BCUT2D eigenvalue weighted by molar-refractivity contribution is 0.108. The zero-order valence-corrected chi connectivity index (χ0v) is 13.9. The molecule has 118 valence electrons. The van der Waals surface area contributed by atoms with Gasteiger partial charge in [-0.2, -0.15) is 0 Å². The fourth-order valence-corrected chi connectivity index (χ4v) is 5.00. The van der Waals surface area contributed by atoms with Crippen LogP contribution >= 0.6 is 11.3 Å². The van der Waals surface area contributed by atoms with Crippen LogP contribution in [0.2, 0.25) is 0 Å². The summed E-state index contributed by atoms with van der Waals surface area (Å²) in [5.41, 5.74) is 0.836. The van der Waals surface area contributed by atoms with Gasteiger partial charge in [0.2, 0.25) is 10.0 Å². The van der Waals surface area contributed by atoms with Crippen LogP contribution in [0.5, 0.6) is 0 Å². The lowest BCUT2D eigenvalue weighted by Crippen LogP contribution is -2.30. The first-order valence-corrected chi connectivity index (χ1v) is 10.1. The van der Waals surface area contributed by atoms with E-state index < -0.39 is 10.0 Å². The minimum atomic E-state index is -3.28. The van der Waals surface area contributed by atoms with E-state index in [2.05, 4.69) is 9.71 Å². The fraction of sp³-hybridized carbons (Fsp3) is 0.786. The molecular formula is C14H22N2O3S2. The summed E-state index contributed by atoms with van der Waals surface area (Å²) in [6.45, 7) is 2.62. The van der Waals surface area contributed by atoms with Crippen LogP contribution in [0, 0.1) is 0 Å². The zero-order chi connectivity index (χ0) is 14.9. The number of nitrogens with zero attached hydrogens (tertiary/aromatic N) is 1. The van der Waals surface area contributed by atoms with Gasteiger partial charge in [-0.05, 0) is 39.0 Å². The fourth-order valence-electron chi connectivity index (χ4n) is 2.56. The second-order valence-corrected chi connectivity index (χ2v) is 8.73. The Balaban J connectivity index is 1.52. The monoisotopic (exact) mass is 330 g/mol. The molecule has 0 unspecified atom stereocenters. The maximum atomic E-state index is 12.1. The number of hydrogen-bond donors (Lipinski definition) is 1. The largest absolute Gasteiger partial charge is 0.378 e. The van der Waals surface area contributed by atoms with E-state index in [9.17, 15) is 8.42 Å². The van der Waals surface area contributed by atoms with Crippen LogP contribution in [0.15, 0.2) is 5.38 Å². The quantitative estimate of drug-likeness (QED) is 0.834. The Morgan fingerprint density at radius 3 is 2.95 bits per heavy atom. The highest BCUT2D eigenvalue weighted by atomic mass is 32.2. The van der Waals surface area contributed by atoms with Gasteiger partial charge in [0.15, 0.2) is 0 Å². The Morgan fingerprint density at radius 2 is 2.29 bits per heavy atom. The van der Waals surface area contributed by atoms with Crippen molar-refractivity contribution < 1.29 is 13.2 Å². The molecule has 5 nitrogen and oxygen atoms in total. The Kier molecular flexibility index (Phi) is 4.63. The average Bonchev–Trinajstić information content (AvgIpc) is 2.96. The minimum Gasteiger partial charge on any atom is -0.378 e. The molecule has 7 heteroatoms. The third-order valence-corrected chi connectivity index (χ3v) is 6.51. The number of rotatable bonds is 7. The van der Waals surface area contributed by atoms with Crippen molar-refractivity contribution in [1.29, 1.82) is 0 Å². The van der Waals surface area contributed by atoms with Crippen LogP contribution in [0.4, 0.5) is 0 Å². The van der Waals surface area contributed by atoms with Gasteiger partial charge in [0.05, 0.1) is 28.6 Å². The Morgan fingerprint density at radius 1 is 1.48 bits per heavy atom. The van der Waals surface area contributed by atoms with Crippen LogP contribution in [-0.2, 0) is 14.8 Å². The van der Waals surface area contributed by atoms with E-state index in [0.29, 0.717) is 12.3 Å². The number of aromatic nitrogens is 1. The van der Waals surface area contributed by atoms with Crippen molar-refractivity contribution in [2.75, 3.05) is 12.4 Å². The van der Waals surface area contributed by atoms with Gasteiger partial charge >= 0.3 is 0 Å². The van der Waals surface area contributed by atoms with Gasteiger partial charge in [0.1, 0.15) is 0 Å². The second-order valence-electron chi connectivity index (χ2n) is 5.97. The summed E-state index contributed by atoms with van der Waals surface area (Å²) in [6.07, 6.45) is 5.13. The van der Waals surface area contributed by atoms with Crippen LogP contribution in [-0.4, -0.2) is 31.9 Å². The van der Waals surface area contributed by atoms with Gasteiger partial charge in [-0.3, -0.25) is 0 Å². The SMILES string of the molecule is C[C@H](NS(=O)(=O)CC[C@@H]1CCCO1)c1csc(C2CC2)n1. The zero-order valence-electron chi connectivity index (χ0n) is 12.2. The molecule has 1 aliphatic carbocycles. The Labute approximate surface area is 130 Å². The van der Waals surface area contributed by atoms with Crippen LogP contribution in [0.3, 0.4) is 0 Å². The molecule has 2 fully saturated rings. The van der Waals surface area contributed by atoms with Gasteiger partial charge in [0, 0.05) is 17.9 Å². The lowest BCUT2D eigenvalue weighted by atomic mass is 10.2. The highest BCUT2D eigenvalue weighted by molar-refractivity contribution is 7.89. The number of hydrogen-bond acceptors (Lipinski definition) is 5. The third kappa shape index (κ3) is 4.25. The molecule has 1 aliphatic heterocycles. The summed E-state index contributed by atoms with van der Waals surface area (Å²) in [7, 11) is -3.28. The summed E-state index contributed by atoms with van der Waals surface area (Å²) < 4.78 is 32.5. The van der Waals surface area contributed by atoms with E-state index in [1.54, 1.807) is 11.3 Å². The number of ether oxygens (including phenoxy) is 1. The molecule has 1 N–H and O–H groups in total. The van der Waals surface area contributed by atoms with Gasteiger partial charge < -0.3 is 4.74 Å². The van der Waals surface area contributed by atoms with E-state index in [1.165, 1.54) is 12.8 Å². The topological polar surface area (TPSA) is 68.3 Å². The molecule has 0 bridgehead atoms. The standard InChI is InChI=1S/C14H22N2O3S2/c1-10(13-9-20-14(15-13)11-4-5-11)16-21(17,18)8-6-12-3-2-7-19-12/h9-12,16H,2-8H2,1H3/t10-,12-/m0/s1. The highest BCUT2D eigenvalue weighted by Gasteiger charge is 2.28. The molecule has 1 aromatic heterocycles. The normalized spacial score (nSPS) is 24.3. The van der Waals surface area contributed by atoms with Gasteiger partial charge in [-0.15, -0.1) is 11.3 Å². The lowest BCUT2D eigenvalue weighted by Gasteiger charge is -2.14. The molecule has 1 saturated heterocycles. The first kappa shape index (κ1) is 15.4. The van der Waals surface area contributed by atoms with Gasteiger partial charge in [-0.25, -0.2) is 18.1 Å². The summed E-state index contributed by atoms with van der Waals surface area (Å²) in [5, 5.41) is 3.12. The molecule has 3 rings (SSSR count). The highest BCUT2D eigenvalue weighted by Crippen LogP contribution is 2.41. The van der Waals surface area contributed by atoms with E-state index in [0.717, 1.165) is 30.2 Å². The molecule has 0 radical (unpaired) electrons. The van der Waals surface area contributed by atoms with Crippen molar-refractivity contribution in [3.8, 4) is 0 Å². The van der Waals surface area contributed by atoms with Crippen LogP contribution < -0.4 is 4.72 Å². The van der Waals surface area contributed by atoms with Crippen LogP contribution in [0.25, 0.3) is 0 Å². The van der Waals surface area contributed by atoms with Crippen molar-refractivity contribution in [3.05, 3.63) is 16.1 Å². The number of nitrogens with one attached hydrogen (secondary N) is 1. The maximum Gasteiger partial charge on any atom is 0.212 e. The molecule has 2 heterocycles. The molecule has 21 heavy (non-hydrogen) atoms. The molecule has 0 spiro atoms. The smallest absolute Gasteiger partial charge is 0.212 e. The minimum absolute atomic E-state index is 0.109. The van der Waals surface area contributed by atoms with E-state index in [-0.39, 0.29) is 17.9 Å². The van der Waals surface area contributed by atoms with Gasteiger partial charge in [-0.1, -0.05) is 0 Å². The third-order valence-electron chi connectivity index (χ3n) is 4.00. The Bertz CT molecular complexity index is 575. The first-order valence-electron chi connectivity index (χ1n) is 7.60. The summed E-state index contributed by atoms with van der Waals surface area (Å²) in [4.78, 5) is 4.56. The molecule has 2 aliphatic rings. The summed E-state index contributed by atoms with van der Waals surface area (Å²) in [6, 6.07) is -0.261. The molecule has 1 saturated carbocycles. The number of thiazole rings is 1. The Hall–Kier alpha value is -0.500. The molecule has 2 atom stereocenters. The summed E-state index contributed by atoms with van der Waals surface area (Å²) in [5.74, 6) is 0.744. The van der Waals surface area contributed by atoms with Crippen molar-refractivity contribution in [3.63, 3.8) is 0 Å². The molecule has 0 amide bonds. The van der Waals surface area contributed by atoms with Gasteiger partial charge in [0.25, 0.3) is 0 Å². The molecule has 1 aromatic rings. The number of sulfonamides is 1. The molecule has 0 aromatic carbocycles. The summed E-state index contributed by atoms with van der Waals surface area (Å²) >= 11 is 1.64. The maximum absolute atomic E-state index is 12.1. The average molecular weight is 330 g/mol. The van der Waals surface area contributed by atoms with Crippen molar-refractivity contribution >= 4 is 21.4 Å². The molecular weight excluding hydrogens is 308 g/mol. The van der Waals surface area contributed by atoms with Crippen molar-refractivity contribution in [1.82, 2.24) is 9.71 Å². The first-order chi connectivity index (χ1) is 10.0. The predicted molar refractivity (Wildman–Crippen MR) is 83.0 cm³/mol. The van der Waals surface area contributed by atoms with Crippen molar-refractivity contribution in [2.45, 2.75) is 57.1 Å². The predicted octanol–water partition coefficient (Wildman–Crippen LogP) is 2.57. The van der Waals surface area contributed by atoms with Crippen LogP contribution in [0.1, 0.15) is 61.7 Å². The van der Waals surface area contributed by atoms with E-state index >= 15 is 0 Å². The van der Waals surface area contributed by atoms with Crippen molar-refractivity contribution in [2.24, 2.45) is 0 Å². The van der Waals surface area contributed by atoms with E-state index in [1.807, 2.05) is 12.3 Å².